The Morgan fingerprint density at radius 1 is 1.15 bits per heavy atom. The lowest BCUT2D eigenvalue weighted by molar-refractivity contribution is -0.132. The summed E-state index contributed by atoms with van der Waals surface area (Å²) in [5.41, 5.74) is 1.43. The lowest BCUT2D eigenvalue weighted by atomic mass is 9.94. The number of amides is 1. The molecule has 27 heavy (non-hydrogen) atoms. The number of piperidine rings is 1. The highest BCUT2D eigenvalue weighted by Gasteiger charge is 2.30. The van der Waals surface area contributed by atoms with Crippen LogP contribution in [0.1, 0.15) is 49.0 Å². The number of carbonyl (C=O) groups is 1. The molecule has 1 aliphatic carbocycles. The third-order valence-electron chi connectivity index (χ3n) is 5.53. The predicted octanol–water partition coefficient (Wildman–Crippen LogP) is 3.11. The second-order valence-electron chi connectivity index (χ2n) is 7.67. The van der Waals surface area contributed by atoms with Gasteiger partial charge in [0.1, 0.15) is 5.69 Å². The molecule has 3 heterocycles. The second-order valence-corrected chi connectivity index (χ2v) is 7.67. The fourth-order valence-corrected chi connectivity index (χ4v) is 3.88. The third kappa shape index (κ3) is 3.46. The molecule has 0 N–H and O–H groups in total. The molecular formula is C20H22N4O3. The van der Waals surface area contributed by atoms with Crippen molar-refractivity contribution in [2.24, 2.45) is 5.92 Å². The monoisotopic (exact) mass is 366 g/mol. The quantitative estimate of drug-likeness (QED) is 0.690. The van der Waals surface area contributed by atoms with Gasteiger partial charge in [0.25, 0.3) is 0 Å². The zero-order valence-electron chi connectivity index (χ0n) is 15.1. The van der Waals surface area contributed by atoms with E-state index in [2.05, 4.69) is 15.3 Å². The van der Waals surface area contributed by atoms with E-state index in [1.807, 2.05) is 29.2 Å². The van der Waals surface area contributed by atoms with Gasteiger partial charge in [0.2, 0.25) is 11.8 Å². The van der Waals surface area contributed by atoms with Gasteiger partial charge >= 0.3 is 0 Å². The molecule has 0 spiro atoms. The lowest BCUT2D eigenvalue weighted by Gasteiger charge is -2.32. The summed E-state index contributed by atoms with van der Waals surface area (Å²) in [5, 5.41) is 9.09. The molecule has 1 saturated carbocycles. The SMILES string of the molecule is O=C(Cc1noc2ccccc12)N1CCC[C@@H](Cc2nc(C3CC3)no2)C1. The number of para-hydroxylation sites is 1. The van der Waals surface area contributed by atoms with Crippen LogP contribution in [-0.2, 0) is 17.6 Å². The molecule has 1 atom stereocenters. The maximum absolute atomic E-state index is 12.8. The number of aromatic nitrogens is 3. The number of carbonyl (C=O) groups excluding carboxylic acids is 1. The summed E-state index contributed by atoms with van der Waals surface area (Å²) in [6.45, 7) is 1.53. The topological polar surface area (TPSA) is 85.3 Å². The molecule has 2 aromatic heterocycles. The predicted molar refractivity (Wildman–Crippen MR) is 97.0 cm³/mol. The van der Waals surface area contributed by atoms with Crippen LogP contribution >= 0.6 is 0 Å². The first-order chi connectivity index (χ1) is 13.3. The van der Waals surface area contributed by atoms with Gasteiger partial charge in [0, 0.05) is 30.8 Å². The lowest BCUT2D eigenvalue weighted by Crippen LogP contribution is -2.41. The van der Waals surface area contributed by atoms with Gasteiger partial charge in [-0.1, -0.05) is 22.4 Å². The van der Waals surface area contributed by atoms with Crippen LogP contribution in [0, 0.1) is 5.92 Å². The number of benzene rings is 1. The van der Waals surface area contributed by atoms with Crippen molar-refractivity contribution in [3.63, 3.8) is 0 Å². The second kappa shape index (κ2) is 6.79. The zero-order valence-corrected chi connectivity index (χ0v) is 15.1. The van der Waals surface area contributed by atoms with E-state index in [-0.39, 0.29) is 12.3 Å². The average Bonchev–Trinajstić information content (AvgIpc) is 3.32. The van der Waals surface area contributed by atoms with Gasteiger partial charge in [0.05, 0.1) is 6.42 Å². The number of likely N-dealkylation sites (tertiary alicyclic amines) is 1. The van der Waals surface area contributed by atoms with Crippen LogP contribution in [0.3, 0.4) is 0 Å². The van der Waals surface area contributed by atoms with Gasteiger partial charge < -0.3 is 13.9 Å². The minimum absolute atomic E-state index is 0.1000. The highest BCUT2D eigenvalue weighted by Crippen LogP contribution is 2.38. The molecule has 140 valence electrons. The van der Waals surface area contributed by atoms with E-state index >= 15 is 0 Å². The largest absolute Gasteiger partial charge is 0.356 e. The Bertz CT molecular complexity index is 959. The summed E-state index contributed by atoms with van der Waals surface area (Å²) in [4.78, 5) is 19.3. The molecule has 5 rings (SSSR count). The first kappa shape index (κ1) is 16.5. The van der Waals surface area contributed by atoms with Crippen molar-refractivity contribution < 1.29 is 13.8 Å². The minimum Gasteiger partial charge on any atom is -0.356 e. The van der Waals surface area contributed by atoms with Gasteiger partial charge in [0.15, 0.2) is 11.4 Å². The van der Waals surface area contributed by atoms with Crippen LogP contribution < -0.4 is 0 Å². The van der Waals surface area contributed by atoms with E-state index in [0.29, 0.717) is 23.4 Å². The van der Waals surface area contributed by atoms with Crippen molar-refractivity contribution in [1.82, 2.24) is 20.2 Å². The van der Waals surface area contributed by atoms with Gasteiger partial charge in [-0.15, -0.1) is 0 Å². The van der Waals surface area contributed by atoms with Gasteiger partial charge in [-0.25, -0.2) is 0 Å². The standard InChI is InChI=1S/C20H22N4O3/c25-19(11-16-15-5-1-2-6-17(15)26-22-16)24-9-3-4-13(12-24)10-18-21-20(23-27-18)14-7-8-14/h1-2,5-6,13-14H,3-4,7-12H2/t13-/m0/s1. The van der Waals surface area contributed by atoms with Crippen LogP contribution in [0.5, 0.6) is 0 Å². The molecule has 1 aromatic carbocycles. The molecule has 1 aliphatic heterocycles. The molecule has 1 saturated heterocycles. The van der Waals surface area contributed by atoms with Crippen LogP contribution in [-0.4, -0.2) is 39.2 Å². The van der Waals surface area contributed by atoms with Gasteiger partial charge in [-0.3, -0.25) is 4.79 Å². The van der Waals surface area contributed by atoms with Gasteiger partial charge in [-0.05, 0) is 43.7 Å². The number of hydrogen-bond donors (Lipinski definition) is 0. The van der Waals surface area contributed by atoms with E-state index in [1.165, 1.54) is 12.8 Å². The van der Waals surface area contributed by atoms with Crippen molar-refractivity contribution >= 4 is 16.9 Å². The zero-order chi connectivity index (χ0) is 18.2. The van der Waals surface area contributed by atoms with Crippen molar-refractivity contribution in [3.8, 4) is 0 Å². The Morgan fingerprint density at radius 2 is 2.04 bits per heavy atom. The summed E-state index contributed by atoms with van der Waals surface area (Å²) >= 11 is 0. The van der Waals surface area contributed by atoms with Gasteiger partial charge in [-0.2, -0.15) is 4.98 Å². The molecule has 2 fully saturated rings. The number of hydrogen-bond acceptors (Lipinski definition) is 6. The Morgan fingerprint density at radius 3 is 2.93 bits per heavy atom. The molecule has 0 unspecified atom stereocenters. The Labute approximate surface area is 156 Å². The van der Waals surface area contributed by atoms with E-state index in [1.54, 1.807) is 0 Å². The van der Waals surface area contributed by atoms with Crippen molar-refractivity contribution in [2.45, 2.75) is 44.4 Å². The summed E-state index contributed by atoms with van der Waals surface area (Å²) < 4.78 is 10.7. The number of fused-ring (bicyclic) bond motifs is 1. The Kier molecular flexibility index (Phi) is 4.14. The van der Waals surface area contributed by atoms with E-state index in [9.17, 15) is 4.79 Å². The third-order valence-corrected chi connectivity index (χ3v) is 5.53. The molecule has 0 bridgehead atoms. The maximum Gasteiger partial charge on any atom is 0.228 e. The fraction of sp³-hybridized carbons (Fsp3) is 0.500. The first-order valence-corrected chi connectivity index (χ1v) is 9.70. The maximum atomic E-state index is 12.8. The van der Waals surface area contributed by atoms with Crippen LogP contribution in [0.4, 0.5) is 0 Å². The van der Waals surface area contributed by atoms with Crippen molar-refractivity contribution in [2.75, 3.05) is 13.1 Å². The highest BCUT2D eigenvalue weighted by molar-refractivity contribution is 5.86. The Hall–Kier alpha value is -2.70. The summed E-state index contributed by atoms with van der Waals surface area (Å²) in [5.74, 6) is 2.53. The summed E-state index contributed by atoms with van der Waals surface area (Å²) in [6, 6.07) is 7.65. The molecule has 7 heteroatoms. The fourth-order valence-electron chi connectivity index (χ4n) is 3.88. The summed E-state index contributed by atoms with van der Waals surface area (Å²) in [7, 11) is 0. The van der Waals surface area contributed by atoms with Crippen molar-refractivity contribution in [1.29, 1.82) is 0 Å². The van der Waals surface area contributed by atoms with Crippen LogP contribution in [0.25, 0.3) is 11.0 Å². The Balaban J connectivity index is 1.22. The molecule has 2 aliphatic rings. The average molecular weight is 366 g/mol. The van der Waals surface area contributed by atoms with E-state index in [4.69, 9.17) is 9.05 Å². The molecular weight excluding hydrogens is 344 g/mol. The normalized spacial score (nSPS) is 20.3. The minimum atomic E-state index is 0.1000. The number of nitrogens with zero attached hydrogens (tertiary/aromatic N) is 4. The van der Waals surface area contributed by atoms with Crippen LogP contribution in [0.2, 0.25) is 0 Å². The van der Waals surface area contributed by atoms with E-state index in [0.717, 1.165) is 49.1 Å². The summed E-state index contributed by atoms with van der Waals surface area (Å²) in [6.07, 6.45) is 5.44. The molecule has 0 radical (unpaired) electrons. The molecule has 1 amide bonds. The smallest absolute Gasteiger partial charge is 0.228 e. The van der Waals surface area contributed by atoms with Crippen molar-refractivity contribution in [3.05, 3.63) is 41.7 Å². The first-order valence-electron chi connectivity index (χ1n) is 9.70. The molecule has 7 nitrogen and oxygen atoms in total. The molecule has 3 aromatic rings. The number of rotatable bonds is 5. The van der Waals surface area contributed by atoms with Crippen LogP contribution in [0.15, 0.2) is 33.3 Å². The van der Waals surface area contributed by atoms with E-state index < -0.39 is 0 Å². The highest BCUT2D eigenvalue weighted by atomic mass is 16.5.